The van der Waals surface area contributed by atoms with Crippen molar-refractivity contribution in [3.8, 4) is 0 Å². The first-order valence-electron chi connectivity index (χ1n) is 38.1. The van der Waals surface area contributed by atoms with Gasteiger partial charge in [-0.2, -0.15) is 13.2 Å². The third-order valence-corrected chi connectivity index (χ3v) is 25.8. The van der Waals surface area contributed by atoms with Crippen LogP contribution in [0.5, 0.6) is 0 Å². The lowest BCUT2D eigenvalue weighted by molar-refractivity contribution is -0.133. The number of fused-ring (bicyclic) bond motifs is 8. The van der Waals surface area contributed by atoms with Gasteiger partial charge in [0.25, 0.3) is 17.7 Å². The van der Waals surface area contributed by atoms with Gasteiger partial charge < -0.3 is 56.7 Å². The number of carbonyl (C=O) groups excluding carboxylic acids is 4. The predicted molar refractivity (Wildman–Crippen MR) is 441 cm³/mol. The molecular weight excluding hydrogens is 1640 g/mol. The number of alkyl halides is 3. The molecule has 0 spiro atoms. The highest BCUT2D eigenvalue weighted by atomic mass is 79.9. The van der Waals surface area contributed by atoms with Crippen molar-refractivity contribution in [2.45, 2.75) is 82.7 Å². The van der Waals surface area contributed by atoms with Crippen molar-refractivity contribution in [1.29, 1.82) is 0 Å². The van der Waals surface area contributed by atoms with Crippen LogP contribution < -0.4 is 51.9 Å². The van der Waals surface area contributed by atoms with Crippen molar-refractivity contribution in [2.75, 3.05) is 111 Å². The number of benzene rings is 4. The van der Waals surface area contributed by atoms with E-state index in [0.29, 0.717) is 106 Å². The van der Waals surface area contributed by atoms with E-state index in [4.69, 9.17) is 22.1 Å². The Morgan fingerprint density at radius 2 is 1.04 bits per heavy atom. The number of thiazole rings is 4. The fourth-order valence-electron chi connectivity index (χ4n) is 15.4. The van der Waals surface area contributed by atoms with Crippen LogP contribution in [0.3, 0.4) is 0 Å². The molecule has 7 aliphatic rings. The highest BCUT2D eigenvalue weighted by Gasteiger charge is 2.35. The molecule has 3 fully saturated rings. The molecule has 0 aliphatic carbocycles. The molecule has 7 aliphatic heterocycles. The van der Waals surface area contributed by atoms with E-state index in [2.05, 4.69) is 135 Å². The number of hydrogen-bond donors (Lipinski definition) is 6. The lowest BCUT2D eigenvalue weighted by Gasteiger charge is -2.22. The summed E-state index contributed by atoms with van der Waals surface area (Å²) < 4.78 is 56.8. The van der Waals surface area contributed by atoms with Crippen LogP contribution >= 0.6 is 72.9 Å². The Morgan fingerprint density at radius 3 is 1.57 bits per heavy atom. The van der Waals surface area contributed by atoms with Crippen molar-refractivity contribution in [2.24, 2.45) is 23.5 Å². The standard InChI is InChI=1S/C20H21BrN6OS.C20H21ClN6OS.C19H19F3N6OS.C19H17FN4O2S/c2*21-14-1-2-15-13(9-14)5-8-27(15)17-16-19(25-11-24-17)29-20(26-16)18(28)23-10-12-3-6-22-7-4-12;20-19(21,22)6-8-24-16(29)18-27-14-15(25-10-26-17(14)30-18)28-9-11(5-7-23)12-3-1-2-4-13(12)28;20-13-1-2-14-11(7-13)3-5-24(14)18-17-19(22-10-21-18)27-16(23-17)8-15(25)12-4-6-26-9-12/h2*1-2,9,11-12,22H,3-8,10H2,(H,23,28);1-4,10-11H,5-9,23H2,(H,24,29);1-2,7,10,12H,3-6,8-9H2. The number of anilines is 8. The van der Waals surface area contributed by atoms with Gasteiger partial charge in [0.2, 0.25) is 0 Å². The highest BCUT2D eigenvalue weighted by molar-refractivity contribution is 9.10. The summed E-state index contributed by atoms with van der Waals surface area (Å²) in [6.07, 6.45) is 9.50. The van der Waals surface area contributed by atoms with Gasteiger partial charge in [-0.3, -0.25) is 19.2 Å². The summed E-state index contributed by atoms with van der Waals surface area (Å²) >= 11 is 14.8. The number of piperidine rings is 2. The molecular formula is C78H78BrClF4N22O5S4. The maximum absolute atomic E-state index is 13.5. The van der Waals surface area contributed by atoms with E-state index in [1.165, 1.54) is 69.4 Å². The van der Waals surface area contributed by atoms with Crippen LogP contribution in [0.25, 0.3) is 41.4 Å². The summed E-state index contributed by atoms with van der Waals surface area (Å²) in [5, 5.41) is 17.5. The van der Waals surface area contributed by atoms with Crippen molar-refractivity contribution >= 4 is 184 Å². The number of aromatic nitrogens is 12. The van der Waals surface area contributed by atoms with Gasteiger partial charge in [0.05, 0.1) is 19.4 Å². The van der Waals surface area contributed by atoms with E-state index in [-0.39, 0.29) is 40.3 Å². The molecule has 27 nitrogen and oxygen atoms in total. The number of rotatable bonds is 18. The Hall–Kier alpha value is -9.63. The largest absolute Gasteiger partial charge is 0.390 e. The number of nitrogens with zero attached hydrogens (tertiary/aromatic N) is 16. The monoisotopic (exact) mass is 1720 g/mol. The predicted octanol–water partition coefficient (Wildman–Crippen LogP) is 12.9. The maximum atomic E-state index is 13.5. The average molecular weight is 1720 g/mol. The molecule has 3 saturated heterocycles. The second kappa shape index (κ2) is 35.4. The number of carbonyl (C=O) groups is 4. The Kier molecular flexibility index (Phi) is 24.4. The quantitative estimate of drug-likeness (QED) is 0.0435. The lowest BCUT2D eigenvalue weighted by Crippen LogP contribution is -2.35. The van der Waals surface area contributed by atoms with E-state index < -0.39 is 25.0 Å². The highest BCUT2D eigenvalue weighted by Crippen LogP contribution is 2.45. The molecule has 7 N–H and O–H groups in total. The van der Waals surface area contributed by atoms with E-state index >= 15 is 0 Å². The number of ether oxygens (including phenoxy) is 1. The number of para-hydroxylation sites is 1. The van der Waals surface area contributed by atoms with Crippen LogP contribution in [0, 0.1) is 23.6 Å². The van der Waals surface area contributed by atoms with Crippen molar-refractivity contribution < 1.29 is 41.5 Å². The maximum Gasteiger partial charge on any atom is 0.390 e. The van der Waals surface area contributed by atoms with Crippen molar-refractivity contribution in [1.82, 2.24) is 86.4 Å². The number of hydrogen-bond acceptors (Lipinski definition) is 28. The zero-order valence-electron chi connectivity index (χ0n) is 62.0. The van der Waals surface area contributed by atoms with Crippen molar-refractivity contribution in [3.63, 3.8) is 0 Å². The van der Waals surface area contributed by atoms with Crippen LogP contribution in [0.15, 0.2) is 109 Å². The minimum Gasteiger partial charge on any atom is -0.381 e. The Balaban J connectivity index is 0.000000115. The summed E-state index contributed by atoms with van der Waals surface area (Å²) in [6, 6.07) is 25.0. The van der Waals surface area contributed by atoms with Gasteiger partial charge in [0.1, 0.15) is 83.3 Å². The van der Waals surface area contributed by atoms with E-state index in [0.717, 1.165) is 184 Å². The van der Waals surface area contributed by atoms with Crippen LogP contribution in [-0.4, -0.2) is 181 Å². The fourth-order valence-corrected chi connectivity index (χ4v) is 19.3. The Morgan fingerprint density at radius 1 is 0.565 bits per heavy atom. The lowest BCUT2D eigenvalue weighted by atomic mass is 9.98. The molecule has 0 bridgehead atoms. The molecule has 19 rings (SSSR count). The van der Waals surface area contributed by atoms with E-state index in [1.54, 1.807) is 24.8 Å². The first kappa shape index (κ1) is 79.2. The molecule has 596 valence electrons. The average Bonchev–Trinajstić information content (AvgIpc) is 1.62. The van der Waals surface area contributed by atoms with Gasteiger partial charge in [0.15, 0.2) is 38.3 Å². The number of nitrogens with two attached hydrogens (primary N) is 1. The summed E-state index contributed by atoms with van der Waals surface area (Å²) in [5.41, 5.74) is 17.1. The zero-order valence-corrected chi connectivity index (χ0v) is 67.6. The summed E-state index contributed by atoms with van der Waals surface area (Å²) in [7, 11) is 0. The zero-order chi connectivity index (χ0) is 79.3. The molecule has 12 aromatic rings. The molecule has 0 saturated carbocycles. The van der Waals surface area contributed by atoms with Gasteiger partial charge in [-0.05, 0) is 185 Å². The van der Waals surface area contributed by atoms with Gasteiger partial charge in [-0.1, -0.05) is 91.1 Å². The summed E-state index contributed by atoms with van der Waals surface area (Å²) in [6.45, 7) is 9.72. The number of ketones is 1. The molecule has 15 heterocycles. The molecule has 2 atom stereocenters. The molecule has 37 heteroatoms. The molecule has 0 radical (unpaired) electrons. The van der Waals surface area contributed by atoms with E-state index in [9.17, 15) is 36.7 Å². The summed E-state index contributed by atoms with van der Waals surface area (Å²) in [4.78, 5) is 114. The number of halogens is 6. The second-order valence-corrected chi connectivity index (χ2v) is 34.0. The van der Waals surface area contributed by atoms with Crippen molar-refractivity contribution in [3.05, 3.63) is 162 Å². The minimum absolute atomic E-state index is 0.0251. The molecule has 8 aromatic heterocycles. The van der Waals surface area contributed by atoms with Gasteiger partial charge >= 0.3 is 6.18 Å². The van der Waals surface area contributed by atoms with E-state index in [1.807, 2.05) is 47.4 Å². The number of Topliss-reactive ketones (excluding diaryl/α,β-unsaturated/α-hetero) is 1. The topological polar surface area (TPSA) is 331 Å². The molecule has 3 amide bonds. The van der Waals surface area contributed by atoms with Gasteiger partial charge in [-0.25, -0.2) is 64.2 Å². The van der Waals surface area contributed by atoms with Gasteiger partial charge in [0, 0.05) is 96.5 Å². The van der Waals surface area contributed by atoms with Crippen LogP contribution in [0.4, 0.5) is 63.6 Å². The first-order valence-corrected chi connectivity index (χ1v) is 42.5. The molecule has 2 unspecified atom stereocenters. The summed E-state index contributed by atoms with van der Waals surface area (Å²) in [5.74, 6) is 3.10. The minimum atomic E-state index is -4.33. The normalized spacial score (nSPS) is 17.2. The Bertz CT molecular complexity index is 5420. The Labute approximate surface area is 686 Å². The first-order chi connectivity index (χ1) is 55.9. The smallest absolute Gasteiger partial charge is 0.381 e. The van der Waals surface area contributed by atoms with Gasteiger partial charge in [-0.15, -0.1) is 0 Å². The molecule has 115 heavy (non-hydrogen) atoms. The fraction of sp³-hybridized carbons (Fsp3) is 0.385. The number of nitrogens with one attached hydrogen (secondary N) is 5. The third kappa shape index (κ3) is 18.0. The van der Waals surface area contributed by atoms with Crippen LogP contribution in [0.2, 0.25) is 5.02 Å². The van der Waals surface area contributed by atoms with Crippen LogP contribution in [-0.2, 0) is 35.2 Å². The third-order valence-electron chi connectivity index (χ3n) is 21.2. The second-order valence-electron chi connectivity index (χ2n) is 28.7. The SMILES string of the molecule is NCCC1CN(c2ncnc3sc(C(=O)NCCC(F)(F)F)nc23)c2ccccc21.O=C(Cc1nc2c(N3CCc4cc(F)ccc43)ncnc2s1)C1CCOC1.O=C(NCC1CCNCC1)c1nc2c(N3CCc4cc(Br)ccc43)ncnc2s1.O=C(NCC1CCNCC1)c1nc2c(N3CCc4cc(Cl)ccc43)ncnc2s1. The number of amides is 3. The molecule has 4 aromatic carbocycles. The van der Waals surface area contributed by atoms with Crippen LogP contribution in [0.1, 0.15) is 108 Å².